The van der Waals surface area contributed by atoms with Gasteiger partial charge in [-0.1, -0.05) is 25.5 Å². The van der Waals surface area contributed by atoms with Crippen molar-refractivity contribution in [2.24, 2.45) is 11.7 Å². The smallest absolute Gasteiger partial charge is 0.270 e. The van der Waals surface area contributed by atoms with Crippen LogP contribution in [0.3, 0.4) is 0 Å². The maximum absolute atomic E-state index is 13.5. The summed E-state index contributed by atoms with van der Waals surface area (Å²) in [5.74, 6) is -0.305. The van der Waals surface area contributed by atoms with Crippen LogP contribution in [0, 0.1) is 21.8 Å². The number of nitro groups is 1. The van der Waals surface area contributed by atoms with Crippen molar-refractivity contribution < 1.29 is 9.31 Å². The van der Waals surface area contributed by atoms with Gasteiger partial charge in [0.05, 0.1) is 4.92 Å². The fourth-order valence-corrected chi connectivity index (χ4v) is 1.42. The van der Waals surface area contributed by atoms with Gasteiger partial charge in [0.15, 0.2) is 0 Å². The van der Waals surface area contributed by atoms with E-state index in [0.29, 0.717) is 6.54 Å². The zero-order valence-corrected chi connectivity index (χ0v) is 9.81. The Morgan fingerprint density at radius 2 is 2.24 bits per heavy atom. The highest BCUT2D eigenvalue weighted by Gasteiger charge is 2.10. The van der Waals surface area contributed by atoms with Gasteiger partial charge in [0.1, 0.15) is 5.82 Å². The summed E-state index contributed by atoms with van der Waals surface area (Å²) in [4.78, 5) is 10.0. The Labute approximate surface area is 99.1 Å². The predicted molar refractivity (Wildman–Crippen MR) is 64.9 cm³/mol. The summed E-state index contributed by atoms with van der Waals surface area (Å²) in [6.45, 7) is 4.18. The maximum Gasteiger partial charge on any atom is 0.270 e. The zero-order valence-electron chi connectivity index (χ0n) is 9.81. The molecule has 5 heteroatoms. The van der Waals surface area contributed by atoms with Crippen LogP contribution in [0.2, 0.25) is 0 Å². The van der Waals surface area contributed by atoms with Crippen molar-refractivity contribution in [3.8, 4) is 0 Å². The first kappa shape index (κ1) is 13.3. The Kier molecular flexibility index (Phi) is 4.34. The van der Waals surface area contributed by atoms with Crippen molar-refractivity contribution in [1.82, 2.24) is 0 Å². The molecule has 17 heavy (non-hydrogen) atoms. The van der Waals surface area contributed by atoms with E-state index in [1.165, 1.54) is 6.07 Å². The van der Waals surface area contributed by atoms with Crippen molar-refractivity contribution >= 4 is 11.8 Å². The van der Waals surface area contributed by atoms with Gasteiger partial charge in [0.25, 0.3) is 5.69 Å². The minimum absolute atomic E-state index is 0.127. The Bertz CT molecular complexity index is 456. The molecule has 0 unspecified atom stereocenters. The number of hydrogen-bond acceptors (Lipinski definition) is 3. The first-order valence-electron chi connectivity index (χ1n) is 5.30. The van der Waals surface area contributed by atoms with Crippen LogP contribution in [0.15, 0.2) is 23.8 Å². The molecule has 92 valence electrons. The number of nitrogens with two attached hydrogens (primary N) is 1. The van der Waals surface area contributed by atoms with Crippen molar-refractivity contribution in [2.75, 3.05) is 6.54 Å². The molecule has 0 radical (unpaired) electrons. The summed E-state index contributed by atoms with van der Waals surface area (Å²) in [5, 5.41) is 10.6. The molecule has 0 saturated carbocycles. The van der Waals surface area contributed by atoms with E-state index in [4.69, 9.17) is 5.73 Å². The third-order valence-electron chi connectivity index (χ3n) is 2.51. The van der Waals surface area contributed by atoms with E-state index in [9.17, 15) is 14.5 Å². The number of hydrogen-bond donors (Lipinski definition) is 1. The standard InChI is InChI=1S/C12H15FN2O2/c1-8(2)10(7-14)5-9-6-11(15(16)17)3-4-12(9)13/h3-6,8H,7,14H2,1-2H3/b10-5+. The molecular formula is C12H15FN2O2. The summed E-state index contributed by atoms with van der Waals surface area (Å²) in [6.07, 6.45) is 1.58. The van der Waals surface area contributed by atoms with Crippen LogP contribution in [-0.2, 0) is 0 Å². The van der Waals surface area contributed by atoms with Gasteiger partial charge < -0.3 is 5.73 Å². The Hall–Kier alpha value is -1.75. The number of nitrogens with zero attached hydrogens (tertiary/aromatic N) is 1. The molecule has 0 aliphatic heterocycles. The molecule has 0 aliphatic rings. The van der Waals surface area contributed by atoms with Crippen LogP contribution < -0.4 is 5.73 Å². The van der Waals surface area contributed by atoms with Crippen LogP contribution >= 0.6 is 0 Å². The first-order valence-corrected chi connectivity index (χ1v) is 5.30. The second-order valence-electron chi connectivity index (χ2n) is 4.04. The topological polar surface area (TPSA) is 69.2 Å². The second-order valence-corrected chi connectivity index (χ2v) is 4.04. The molecule has 2 N–H and O–H groups in total. The van der Waals surface area contributed by atoms with Crippen LogP contribution in [-0.4, -0.2) is 11.5 Å². The van der Waals surface area contributed by atoms with Crippen LogP contribution in [0.25, 0.3) is 6.08 Å². The molecule has 0 bridgehead atoms. The lowest BCUT2D eigenvalue weighted by Crippen LogP contribution is -2.08. The molecule has 1 aromatic rings. The molecule has 1 aromatic carbocycles. The van der Waals surface area contributed by atoms with Gasteiger partial charge in [-0.3, -0.25) is 10.1 Å². The molecule has 4 nitrogen and oxygen atoms in total. The van der Waals surface area contributed by atoms with Crippen molar-refractivity contribution in [3.05, 3.63) is 45.3 Å². The number of nitro benzene ring substituents is 1. The Morgan fingerprint density at radius 1 is 1.59 bits per heavy atom. The van der Waals surface area contributed by atoms with Gasteiger partial charge in [-0.05, 0) is 12.0 Å². The highest BCUT2D eigenvalue weighted by Crippen LogP contribution is 2.21. The highest BCUT2D eigenvalue weighted by atomic mass is 19.1. The number of non-ortho nitro benzene ring substituents is 1. The molecule has 0 amide bonds. The van der Waals surface area contributed by atoms with E-state index in [1.54, 1.807) is 6.08 Å². The Balaban J connectivity index is 3.21. The van der Waals surface area contributed by atoms with Crippen LogP contribution in [0.1, 0.15) is 19.4 Å². The van der Waals surface area contributed by atoms with E-state index in [2.05, 4.69) is 0 Å². The molecule has 1 rings (SSSR count). The van der Waals surface area contributed by atoms with Gasteiger partial charge in [0.2, 0.25) is 0 Å². The third kappa shape index (κ3) is 3.35. The molecule has 0 spiro atoms. The number of halogens is 1. The summed E-state index contributed by atoms with van der Waals surface area (Å²) < 4.78 is 13.5. The van der Waals surface area contributed by atoms with Crippen LogP contribution in [0.4, 0.5) is 10.1 Å². The predicted octanol–water partition coefficient (Wildman–Crippen LogP) is 2.73. The average Bonchev–Trinajstić information content (AvgIpc) is 2.27. The van der Waals surface area contributed by atoms with E-state index < -0.39 is 10.7 Å². The molecule has 0 fully saturated rings. The molecular weight excluding hydrogens is 223 g/mol. The third-order valence-corrected chi connectivity index (χ3v) is 2.51. The second kappa shape index (κ2) is 5.54. The van der Waals surface area contributed by atoms with Gasteiger partial charge in [-0.15, -0.1) is 0 Å². The van der Waals surface area contributed by atoms with Gasteiger partial charge in [-0.2, -0.15) is 0 Å². The van der Waals surface area contributed by atoms with Gasteiger partial charge >= 0.3 is 0 Å². The maximum atomic E-state index is 13.5. The quantitative estimate of drug-likeness (QED) is 0.647. The van der Waals surface area contributed by atoms with E-state index >= 15 is 0 Å². The number of rotatable bonds is 4. The summed E-state index contributed by atoms with van der Waals surface area (Å²) in [6, 6.07) is 3.45. The normalized spacial score (nSPS) is 11.9. The fraction of sp³-hybridized carbons (Fsp3) is 0.333. The van der Waals surface area contributed by atoms with Crippen LogP contribution in [0.5, 0.6) is 0 Å². The SMILES string of the molecule is CC(C)/C(=C/c1cc([N+](=O)[O-])ccc1F)CN. The molecule has 0 saturated heterocycles. The van der Waals surface area contributed by atoms with Crippen molar-refractivity contribution in [1.29, 1.82) is 0 Å². The summed E-state index contributed by atoms with van der Waals surface area (Å²) in [5.41, 5.74) is 6.47. The molecule has 0 atom stereocenters. The molecule has 0 heterocycles. The van der Waals surface area contributed by atoms with Gasteiger partial charge in [-0.25, -0.2) is 4.39 Å². The fourth-order valence-electron chi connectivity index (χ4n) is 1.42. The summed E-state index contributed by atoms with van der Waals surface area (Å²) >= 11 is 0. The minimum Gasteiger partial charge on any atom is -0.327 e. The lowest BCUT2D eigenvalue weighted by atomic mass is 10.00. The van der Waals surface area contributed by atoms with Crippen molar-refractivity contribution in [2.45, 2.75) is 13.8 Å². The zero-order chi connectivity index (χ0) is 13.0. The van der Waals surface area contributed by atoms with Crippen molar-refractivity contribution in [3.63, 3.8) is 0 Å². The van der Waals surface area contributed by atoms with Gasteiger partial charge in [0, 0.05) is 24.2 Å². The van der Waals surface area contributed by atoms with E-state index in [1.807, 2.05) is 13.8 Å². The number of benzene rings is 1. The highest BCUT2D eigenvalue weighted by molar-refractivity contribution is 5.57. The van der Waals surface area contributed by atoms with E-state index in [-0.39, 0.29) is 17.2 Å². The summed E-state index contributed by atoms with van der Waals surface area (Å²) in [7, 11) is 0. The minimum atomic E-state index is -0.547. The first-order chi connectivity index (χ1) is 7.95. The molecule has 0 aliphatic carbocycles. The average molecular weight is 238 g/mol. The Morgan fingerprint density at radius 3 is 2.71 bits per heavy atom. The monoisotopic (exact) mass is 238 g/mol. The lowest BCUT2D eigenvalue weighted by Gasteiger charge is -2.08. The molecule has 0 aromatic heterocycles. The van der Waals surface area contributed by atoms with E-state index in [0.717, 1.165) is 17.7 Å². The largest absolute Gasteiger partial charge is 0.327 e. The lowest BCUT2D eigenvalue weighted by molar-refractivity contribution is -0.384.